The number of rotatable bonds is 8. The number of hydrogen-bond acceptors (Lipinski definition) is 6. The Morgan fingerprint density at radius 3 is 2.38 bits per heavy atom. The van der Waals surface area contributed by atoms with Gasteiger partial charge in [-0.1, -0.05) is 42.1 Å². The van der Waals surface area contributed by atoms with E-state index in [0.29, 0.717) is 18.2 Å². The van der Waals surface area contributed by atoms with Crippen molar-refractivity contribution in [1.29, 1.82) is 10.5 Å². The average molecular weight is 365 g/mol. The molecule has 1 heterocycles. The summed E-state index contributed by atoms with van der Waals surface area (Å²) in [6.45, 7) is 2.56. The van der Waals surface area contributed by atoms with Gasteiger partial charge in [0.25, 0.3) is 0 Å². The minimum absolute atomic E-state index is 0.119. The number of hydrogen-bond donors (Lipinski definition) is 0. The molecule has 0 N–H and O–H groups in total. The largest absolute Gasteiger partial charge is 0.340 e. The third-order valence-corrected chi connectivity index (χ3v) is 4.40. The van der Waals surface area contributed by atoms with Gasteiger partial charge in [-0.05, 0) is 13.0 Å². The second kappa shape index (κ2) is 10.2. The predicted molar refractivity (Wildman–Crippen MR) is 100.0 cm³/mol. The monoisotopic (exact) mass is 365 g/mol. The van der Waals surface area contributed by atoms with Crippen molar-refractivity contribution in [2.24, 2.45) is 0 Å². The van der Waals surface area contributed by atoms with Crippen LogP contribution in [0.3, 0.4) is 0 Å². The van der Waals surface area contributed by atoms with E-state index < -0.39 is 0 Å². The summed E-state index contributed by atoms with van der Waals surface area (Å²) >= 11 is 1.27. The second-order valence-corrected chi connectivity index (χ2v) is 6.47. The maximum atomic E-state index is 12.4. The topological polar surface area (TPSA) is 93.7 Å². The molecular weight excluding hydrogens is 346 g/mol. The normalized spacial score (nSPS) is 9.96. The first-order valence-electron chi connectivity index (χ1n) is 8.19. The van der Waals surface area contributed by atoms with Crippen molar-refractivity contribution in [3.63, 3.8) is 0 Å². The Morgan fingerprint density at radius 1 is 1.12 bits per heavy atom. The standard InChI is InChI=1S/C19H19N5OS/c1-15-13-17(16-7-3-2-4-8-16)23-19(22-15)26-14-18(25)24(11-5-9-20)12-6-10-21/h2-4,7-8,13H,5-6,11-12,14H2,1H3. The van der Waals surface area contributed by atoms with E-state index in [9.17, 15) is 4.79 Å². The summed E-state index contributed by atoms with van der Waals surface area (Å²) < 4.78 is 0. The first-order chi connectivity index (χ1) is 12.6. The summed E-state index contributed by atoms with van der Waals surface area (Å²) in [5, 5.41) is 18.0. The van der Waals surface area contributed by atoms with Crippen LogP contribution in [-0.4, -0.2) is 39.6 Å². The fraction of sp³-hybridized carbons (Fsp3) is 0.316. The Balaban J connectivity index is 2.06. The van der Waals surface area contributed by atoms with Gasteiger partial charge >= 0.3 is 0 Å². The van der Waals surface area contributed by atoms with E-state index in [1.165, 1.54) is 11.8 Å². The van der Waals surface area contributed by atoms with Gasteiger partial charge in [-0.2, -0.15) is 10.5 Å². The van der Waals surface area contributed by atoms with Gasteiger partial charge in [0.2, 0.25) is 5.91 Å². The molecule has 1 amide bonds. The van der Waals surface area contributed by atoms with E-state index in [1.54, 1.807) is 4.90 Å². The fourth-order valence-corrected chi connectivity index (χ4v) is 3.12. The molecule has 0 unspecified atom stereocenters. The van der Waals surface area contributed by atoms with Crippen LogP contribution in [0.1, 0.15) is 18.5 Å². The third-order valence-electron chi connectivity index (χ3n) is 3.57. The van der Waals surface area contributed by atoms with Crippen molar-refractivity contribution < 1.29 is 4.79 Å². The molecule has 0 bridgehead atoms. The van der Waals surface area contributed by atoms with Gasteiger partial charge in [0.05, 0.1) is 36.4 Å². The van der Waals surface area contributed by atoms with Gasteiger partial charge in [0, 0.05) is 24.3 Å². The number of aromatic nitrogens is 2. The summed E-state index contributed by atoms with van der Waals surface area (Å²) in [5.41, 5.74) is 2.65. The Labute approximate surface area is 157 Å². The highest BCUT2D eigenvalue weighted by Crippen LogP contribution is 2.21. The lowest BCUT2D eigenvalue weighted by atomic mass is 10.1. The Kier molecular flexibility index (Phi) is 7.60. The van der Waals surface area contributed by atoms with Crippen LogP contribution in [0, 0.1) is 29.6 Å². The molecule has 132 valence electrons. The number of thioether (sulfide) groups is 1. The van der Waals surface area contributed by atoms with Crippen LogP contribution in [0.25, 0.3) is 11.3 Å². The highest BCUT2D eigenvalue weighted by Gasteiger charge is 2.15. The number of nitrogens with zero attached hydrogens (tertiary/aromatic N) is 5. The molecule has 0 spiro atoms. The maximum absolute atomic E-state index is 12.4. The minimum atomic E-state index is -0.119. The van der Waals surface area contributed by atoms with Crippen molar-refractivity contribution in [2.45, 2.75) is 24.9 Å². The highest BCUT2D eigenvalue weighted by atomic mass is 32.2. The van der Waals surface area contributed by atoms with Crippen LogP contribution < -0.4 is 0 Å². The van der Waals surface area contributed by atoms with Crippen LogP contribution in [0.15, 0.2) is 41.6 Å². The van der Waals surface area contributed by atoms with E-state index in [-0.39, 0.29) is 24.5 Å². The smallest absolute Gasteiger partial charge is 0.233 e. The zero-order valence-corrected chi connectivity index (χ0v) is 15.4. The number of aryl methyl sites for hydroxylation is 1. The van der Waals surface area contributed by atoms with Crippen LogP contribution in [0.5, 0.6) is 0 Å². The van der Waals surface area contributed by atoms with Gasteiger partial charge in [-0.3, -0.25) is 4.79 Å². The first-order valence-corrected chi connectivity index (χ1v) is 9.18. The maximum Gasteiger partial charge on any atom is 0.233 e. The number of amides is 1. The lowest BCUT2D eigenvalue weighted by molar-refractivity contribution is -0.128. The quantitative estimate of drug-likeness (QED) is 0.527. The van der Waals surface area contributed by atoms with Gasteiger partial charge < -0.3 is 4.90 Å². The van der Waals surface area contributed by atoms with E-state index in [0.717, 1.165) is 17.0 Å². The van der Waals surface area contributed by atoms with Crippen molar-refractivity contribution in [1.82, 2.24) is 14.9 Å². The van der Waals surface area contributed by atoms with Gasteiger partial charge in [0.1, 0.15) is 0 Å². The molecule has 1 aromatic heterocycles. The zero-order valence-electron chi connectivity index (χ0n) is 14.6. The Morgan fingerprint density at radius 2 is 1.77 bits per heavy atom. The number of nitriles is 2. The first kappa shape index (κ1) is 19.4. The predicted octanol–water partition coefficient (Wildman–Crippen LogP) is 3.20. The Hall–Kier alpha value is -2.90. The highest BCUT2D eigenvalue weighted by molar-refractivity contribution is 7.99. The second-order valence-electron chi connectivity index (χ2n) is 5.53. The molecule has 0 aliphatic carbocycles. The molecule has 26 heavy (non-hydrogen) atoms. The van der Waals surface area contributed by atoms with Crippen molar-refractivity contribution in [3.8, 4) is 23.4 Å². The summed E-state index contributed by atoms with van der Waals surface area (Å²) in [7, 11) is 0. The molecule has 0 atom stereocenters. The molecule has 2 aromatic rings. The van der Waals surface area contributed by atoms with Gasteiger partial charge in [-0.15, -0.1) is 0 Å². The summed E-state index contributed by atoms with van der Waals surface area (Å²) in [6.07, 6.45) is 0.502. The fourth-order valence-electron chi connectivity index (χ4n) is 2.31. The Bertz CT molecular complexity index is 808. The molecule has 0 aliphatic rings. The lowest BCUT2D eigenvalue weighted by Crippen LogP contribution is -2.34. The average Bonchev–Trinajstić information content (AvgIpc) is 2.66. The molecule has 0 saturated heterocycles. The van der Waals surface area contributed by atoms with Gasteiger partial charge in [0.15, 0.2) is 5.16 Å². The van der Waals surface area contributed by atoms with E-state index >= 15 is 0 Å². The van der Waals surface area contributed by atoms with Gasteiger partial charge in [-0.25, -0.2) is 9.97 Å². The van der Waals surface area contributed by atoms with E-state index in [4.69, 9.17) is 10.5 Å². The van der Waals surface area contributed by atoms with Crippen molar-refractivity contribution >= 4 is 17.7 Å². The summed E-state index contributed by atoms with van der Waals surface area (Å²) in [5.74, 6) is 0.0565. The molecule has 0 fully saturated rings. The van der Waals surface area contributed by atoms with Crippen LogP contribution in [-0.2, 0) is 4.79 Å². The number of benzene rings is 1. The molecule has 6 nitrogen and oxygen atoms in total. The zero-order chi connectivity index (χ0) is 18.8. The van der Waals surface area contributed by atoms with Crippen LogP contribution >= 0.6 is 11.8 Å². The molecular formula is C19H19N5OS. The van der Waals surface area contributed by atoms with Crippen molar-refractivity contribution in [2.75, 3.05) is 18.8 Å². The molecule has 2 rings (SSSR count). The number of carbonyl (C=O) groups is 1. The molecule has 1 aromatic carbocycles. The number of carbonyl (C=O) groups excluding carboxylic acids is 1. The summed E-state index contributed by atoms with van der Waals surface area (Å²) in [6, 6.07) is 15.8. The van der Waals surface area contributed by atoms with Crippen LogP contribution in [0.4, 0.5) is 0 Å². The van der Waals surface area contributed by atoms with E-state index in [1.807, 2.05) is 55.5 Å². The van der Waals surface area contributed by atoms with E-state index in [2.05, 4.69) is 9.97 Å². The minimum Gasteiger partial charge on any atom is -0.340 e. The van der Waals surface area contributed by atoms with Crippen molar-refractivity contribution in [3.05, 3.63) is 42.1 Å². The molecule has 0 aliphatic heterocycles. The molecule has 0 saturated carbocycles. The molecule has 0 radical (unpaired) electrons. The SMILES string of the molecule is Cc1cc(-c2ccccc2)nc(SCC(=O)N(CCC#N)CCC#N)n1. The molecule has 7 heteroatoms. The third kappa shape index (κ3) is 5.87. The lowest BCUT2D eigenvalue weighted by Gasteiger charge is -2.19. The summed E-state index contributed by atoms with van der Waals surface area (Å²) in [4.78, 5) is 22.9. The van der Waals surface area contributed by atoms with Crippen LogP contribution in [0.2, 0.25) is 0 Å².